The van der Waals surface area contributed by atoms with Crippen LogP contribution in [0.4, 0.5) is 0 Å². The zero-order chi connectivity index (χ0) is 28.4. The fourth-order valence-corrected chi connectivity index (χ4v) is 10.8. The van der Waals surface area contributed by atoms with E-state index in [2.05, 4.69) is 13.8 Å². The number of hydrogen-bond acceptors (Lipinski definition) is 8. The van der Waals surface area contributed by atoms with Crippen LogP contribution in [-0.4, -0.2) is 49.8 Å². The lowest BCUT2D eigenvalue weighted by Crippen LogP contribution is -2.54. The standard InChI is InChI=1S/C30H49O8P/c1-6-36-39(34,37-7-2)17-14-28(33)35-19-27(32)26-11-10-24-23-9-8-21-18-22(38-20(3)31)12-15-29(21,4)25(23)13-16-30(24,26)5/h21-26H,6-19H2,1-5H3/t21-,22-,23-,24-,25-,26+,29-,30-/m0/s1. The lowest BCUT2D eigenvalue weighted by molar-refractivity contribution is -0.161. The van der Waals surface area contributed by atoms with Crippen LogP contribution in [0.5, 0.6) is 0 Å². The highest BCUT2D eigenvalue weighted by atomic mass is 31.2. The third-order valence-electron chi connectivity index (χ3n) is 11.0. The highest BCUT2D eigenvalue weighted by molar-refractivity contribution is 7.53. The predicted octanol–water partition coefficient (Wildman–Crippen LogP) is 6.35. The van der Waals surface area contributed by atoms with Crippen molar-refractivity contribution in [3.05, 3.63) is 0 Å². The molecule has 0 aromatic rings. The molecule has 0 aromatic carbocycles. The van der Waals surface area contributed by atoms with Gasteiger partial charge in [-0.1, -0.05) is 13.8 Å². The van der Waals surface area contributed by atoms with Crippen LogP contribution in [0.25, 0.3) is 0 Å². The van der Waals surface area contributed by atoms with Crippen LogP contribution in [0.15, 0.2) is 0 Å². The molecule has 0 bridgehead atoms. The van der Waals surface area contributed by atoms with Gasteiger partial charge in [0.05, 0.1) is 25.8 Å². The summed E-state index contributed by atoms with van der Waals surface area (Å²) in [4.78, 5) is 37.3. The number of rotatable bonds is 11. The molecule has 8 atom stereocenters. The highest BCUT2D eigenvalue weighted by Gasteiger charge is 2.61. The number of esters is 2. The molecule has 0 aliphatic heterocycles. The van der Waals surface area contributed by atoms with Crippen LogP contribution in [-0.2, 0) is 37.5 Å². The van der Waals surface area contributed by atoms with E-state index in [0.29, 0.717) is 23.7 Å². The number of carbonyl (C=O) groups excluding carboxylic acids is 3. The molecule has 222 valence electrons. The number of ketones is 1. The second kappa shape index (κ2) is 12.3. The van der Waals surface area contributed by atoms with Gasteiger partial charge in [0, 0.05) is 12.8 Å². The largest absolute Gasteiger partial charge is 0.463 e. The van der Waals surface area contributed by atoms with E-state index in [1.807, 2.05) is 0 Å². The normalized spacial score (nSPS) is 37.8. The molecule has 4 fully saturated rings. The summed E-state index contributed by atoms with van der Waals surface area (Å²) in [5.74, 6) is 1.63. The van der Waals surface area contributed by atoms with Crippen LogP contribution >= 0.6 is 7.60 Å². The van der Waals surface area contributed by atoms with Crippen molar-refractivity contribution < 1.29 is 37.5 Å². The molecule has 0 N–H and O–H groups in total. The Bertz CT molecular complexity index is 957. The summed E-state index contributed by atoms with van der Waals surface area (Å²) in [5, 5.41) is 0. The van der Waals surface area contributed by atoms with E-state index in [-0.39, 0.29) is 67.0 Å². The molecule has 4 saturated carbocycles. The third-order valence-corrected chi connectivity index (χ3v) is 13.0. The van der Waals surface area contributed by atoms with Gasteiger partial charge in [-0.25, -0.2) is 0 Å². The quantitative estimate of drug-likeness (QED) is 0.210. The van der Waals surface area contributed by atoms with Gasteiger partial charge in [0.15, 0.2) is 5.78 Å². The minimum Gasteiger partial charge on any atom is -0.463 e. The second-order valence-electron chi connectivity index (χ2n) is 12.9. The van der Waals surface area contributed by atoms with E-state index in [1.165, 1.54) is 19.8 Å². The molecule has 0 aromatic heterocycles. The van der Waals surface area contributed by atoms with Crippen molar-refractivity contribution in [2.75, 3.05) is 26.0 Å². The molecule has 4 aliphatic rings. The molecule has 0 spiro atoms. The molecule has 9 heteroatoms. The van der Waals surface area contributed by atoms with Crippen molar-refractivity contribution in [2.24, 2.45) is 40.4 Å². The number of hydrogen-bond donors (Lipinski definition) is 0. The first-order valence-corrected chi connectivity index (χ1v) is 16.9. The Morgan fingerprint density at radius 2 is 1.54 bits per heavy atom. The van der Waals surface area contributed by atoms with E-state index in [1.54, 1.807) is 13.8 Å². The summed E-state index contributed by atoms with van der Waals surface area (Å²) in [7, 11) is -3.32. The molecule has 0 heterocycles. The summed E-state index contributed by atoms with van der Waals surface area (Å²) >= 11 is 0. The van der Waals surface area contributed by atoms with Gasteiger partial charge in [-0.15, -0.1) is 0 Å². The van der Waals surface area contributed by atoms with Gasteiger partial charge < -0.3 is 18.5 Å². The fourth-order valence-electron chi connectivity index (χ4n) is 9.20. The van der Waals surface area contributed by atoms with Crippen molar-refractivity contribution >= 4 is 25.3 Å². The van der Waals surface area contributed by atoms with Crippen molar-refractivity contribution in [3.8, 4) is 0 Å². The molecule has 4 aliphatic carbocycles. The highest BCUT2D eigenvalue weighted by Crippen LogP contribution is 2.67. The van der Waals surface area contributed by atoms with Gasteiger partial charge >= 0.3 is 19.5 Å². The molecule has 8 nitrogen and oxygen atoms in total. The van der Waals surface area contributed by atoms with Crippen LogP contribution in [0.2, 0.25) is 0 Å². The first-order valence-electron chi connectivity index (χ1n) is 15.2. The van der Waals surface area contributed by atoms with Gasteiger partial charge in [-0.3, -0.25) is 18.9 Å². The van der Waals surface area contributed by atoms with E-state index in [4.69, 9.17) is 18.5 Å². The van der Waals surface area contributed by atoms with E-state index in [0.717, 1.165) is 44.9 Å². The Morgan fingerprint density at radius 1 is 0.872 bits per heavy atom. The fraction of sp³-hybridized carbons (Fsp3) is 0.900. The lowest BCUT2D eigenvalue weighted by Gasteiger charge is -2.61. The molecule has 0 amide bonds. The molecular formula is C30H49O8P. The molecule has 0 radical (unpaired) electrons. The maximum atomic E-state index is 13.4. The van der Waals surface area contributed by atoms with Crippen LogP contribution < -0.4 is 0 Å². The minimum absolute atomic E-state index is 0.0198. The monoisotopic (exact) mass is 568 g/mol. The molecule has 4 rings (SSSR count). The van der Waals surface area contributed by atoms with Gasteiger partial charge in [-0.2, -0.15) is 0 Å². The Labute approximate surface area is 234 Å². The maximum absolute atomic E-state index is 13.4. The first-order chi connectivity index (χ1) is 18.5. The van der Waals surface area contributed by atoms with Gasteiger partial charge in [0.1, 0.15) is 12.7 Å². The third kappa shape index (κ3) is 6.33. The van der Waals surface area contributed by atoms with E-state index >= 15 is 0 Å². The van der Waals surface area contributed by atoms with Crippen molar-refractivity contribution in [2.45, 2.75) is 105 Å². The molecule has 39 heavy (non-hydrogen) atoms. The zero-order valence-electron chi connectivity index (χ0n) is 24.6. The van der Waals surface area contributed by atoms with Gasteiger partial charge in [-0.05, 0) is 106 Å². The molecular weight excluding hydrogens is 519 g/mol. The average Bonchev–Trinajstić information content (AvgIpc) is 3.23. The minimum atomic E-state index is -3.32. The van der Waals surface area contributed by atoms with Gasteiger partial charge in [0.2, 0.25) is 0 Å². The Kier molecular flexibility index (Phi) is 9.71. The lowest BCUT2D eigenvalue weighted by atomic mass is 9.44. The Hall–Kier alpha value is -1.24. The number of carbonyl (C=O) groups is 3. The van der Waals surface area contributed by atoms with Crippen LogP contribution in [0, 0.1) is 40.4 Å². The summed E-state index contributed by atoms with van der Waals surface area (Å²) in [6.45, 7) is 10.0. The summed E-state index contributed by atoms with van der Waals surface area (Å²) in [5.41, 5.74) is 0.226. The summed E-state index contributed by atoms with van der Waals surface area (Å²) in [6.07, 6.45) is 9.41. The van der Waals surface area contributed by atoms with E-state index in [9.17, 15) is 18.9 Å². The van der Waals surface area contributed by atoms with Crippen LogP contribution in [0.1, 0.15) is 98.8 Å². The number of fused-ring (bicyclic) bond motifs is 5. The first kappa shape index (κ1) is 30.7. The van der Waals surface area contributed by atoms with Crippen molar-refractivity contribution in [3.63, 3.8) is 0 Å². The zero-order valence-corrected chi connectivity index (χ0v) is 25.5. The van der Waals surface area contributed by atoms with Crippen molar-refractivity contribution in [1.29, 1.82) is 0 Å². The van der Waals surface area contributed by atoms with Gasteiger partial charge in [0.25, 0.3) is 0 Å². The predicted molar refractivity (Wildman–Crippen MR) is 147 cm³/mol. The second-order valence-corrected chi connectivity index (χ2v) is 15.1. The van der Waals surface area contributed by atoms with Crippen molar-refractivity contribution in [1.82, 2.24) is 0 Å². The Balaban J connectivity index is 1.33. The average molecular weight is 569 g/mol. The summed E-state index contributed by atoms with van der Waals surface area (Å²) in [6, 6.07) is 0. The SMILES string of the molecule is CCOP(=O)(CCC(=O)OCC(=O)[C@H]1CC[C@H]2[C@@H]3CC[C@H]4C[C@@H](OC(C)=O)CC[C@]4(C)[C@H]3CC[C@]12C)OCC. The topological polar surface area (TPSA) is 105 Å². The smallest absolute Gasteiger partial charge is 0.331 e. The van der Waals surface area contributed by atoms with E-state index < -0.39 is 13.6 Å². The Morgan fingerprint density at radius 3 is 2.21 bits per heavy atom. The number of Topliss-reactive ketones (excluding diaryl/α,β-unsaturated/α-hetero) is 1. The maximum Gasteiger partial charge on any atom is 0.331 e. The number of ether oxygens (including phenoxy) is 2. The van der Waals surface area contributed by atoms with Crippen LogP contribution in [0.3, 0.4) is 0 Å². The molecule has 0 saturated heterocycles. The summed E-state index contributed by atoms with van der Waals surface area (Å²) < 4.78 is 34.1. The molecule has 0 unspecified atom stereocenters.